The van der Waals surface area contributed by atoms with E-state index < -0.39 is 0 Å². The van der Waals surface area contributed by atoms with Crippen LogP contribution in [0.2, 0.25) is 0 Å². The van der Waals surface area contributed by atoms with Gasteiger partial charge in [0.05, 0.1) is 33.1 Å². The van der Waals surface area contributed by atoms with Crippen molar-refractivity contribution in [3.8, 4) is 44.8 Å². The highest BCUT2D eigenvalue weighted by molar-refractivity contribution is 6.09. The molecule has 0 bridgehead atoms. The fourth-order valence-electron chi connectivity index (χ4n) is 7.96. The third-order valence-corrected chi connectivity index (χ3v) is 10.5. The molecule has 0 amide bonds. The number of hydrogen-bond acceptors (Lipinski definition) is 2. The zero-order valence-corrected chi connectivity index (χ0v) is 29.0. The van der Waals surface area contributed by atoms with Crippen LogP contribution in [0.3, 0.4) is 0 Å². The molecule has 10 rings (SSSR count). The van der Waals surface area contributed by atoms with Crippen molar-refractivity contribution in [3.63, 3.8) is 0 Å². The molecule has 0 unspecified atom stereocenters. The molecule has 6 aromatic carbocycles. The minimum Gasteiger partial charge on any atom is -0.308 e. The molecular formula is C48H34N4. The van der Waals surface area contributed by atoms with E-state index in [0.29, 0.717) is 0 Å². The molecule has 0 aliphatic carbocycles. The van der Waals surface area contributed by atoms with E-state index in [-0.39, 0.29) is 0 Å². The van der Waals surface area contributed by atoms with Crippen molar-refractivity contribution < 1.29 is 0 Å². The van der Waals surface area contributed by atoms with Gasteiger partial charge in [-0.05, 0) is 131 Å². The summed E-state index contributed by atoms with van der Waals surface area (Å²) >= 11 is 0. The van der Waals surface area contributed by atoms with Crippen molar-refractivity contribution in [1.82, 2.24) is 19.1 Å². The lowest BCUT2D eigenvalue weighted by Crippen LogP contribution is -1.95. The molecule has 0 saturated heterocycles. The molecule has 0 atom stereocenters. The van der Waals surface area contributed by atoms with E-state index in [1.165, 1.54) is 44.5 Å². The zero-order chi connectivity index (χ0) is 34.8. The van der Waals surface area contributed by atoms with Gasteiger partial charge in [-0.15, -0.1) is 0 Å². The number of aryl methyl sites for hydroxylation is 2. The first-order valence-electron chi connectivity index (χ1n) is 17.7. The molecule has 0 radical (unpaired) electrons. The zero-order valence-electron chi connectivity index (χ0n) is 29.0. The van der Waals surface area contributed by atoms with Crippen LogP contribution in [0.1, 0.15) is 11.1 Å². The lowest BCUT2D eigenvalue weighted by Gasteiger charge is -2.11. The molecule has 0 N–H and O–H groups in total. The number of benzene rings is 6. The summed E-state index contributed by atoms with van der Waals surface area (Å²) in [4.78, 5) is 9.68. The summed E-state index contributed by atoms with van der Waals surface area (Å²) in [6, 6.07) is 56.7. The van der Waals surface area contributed by atoms with Gasteiger partial charge in [0.15, 0.2) is 0 Å². The van der Waals surface area contributed by atoms with Gasteiger partial charge in [0.1, 0.15) is 0 Å². The molecule has 4 heteroatoms. The SMILES string of the molecule is Cc1ccccc1-c1ccc2c(c1)c1ncccc1n2-c1ccc(-c2ccc(-n3c4ccc(-c5ccccc5C)cc4c4ncccc43)cc2)cc1. The highest BCUT2D eigenvalue weighted by Crippen LogP contribution is 2.37. The minimum atomic E-state index is 1.01. The van der Waals surface area contributed by atoms with Gasteiger partial charge in [-0.1, -0.05) is 84.9 Å². The third-order valence-electron chi connectivity index (χ3n) is 10.5. The summed E-state index contributed by atoms with van der Waals surface area (Å²) in [5.41, 5.74) is 18.5. The lowest BCUT2D eigenvalue weighted by atomic mass is 9.99. The van der Waals surface area contributed by atoms with Gasteiger partial charge in [0, 0.05) is 34.5 Å². The molecule has 0 aliphatic heterocycles. The predicted molar refractivity (Wildman–Crippen MR) is 216 cm³/mol. The Bertz CT molecular complexity index is 2760. The Kier molecular flexibility index (Phi) is 6.90. The molecule has 4 nitrogen and oxygen atoms in total. The van der Waals surface area contributed by atoms with Crippen LogP contribution >= 0.6 is 0 Å². The van der Waals surface area contributed by atoms with Crippen LogP contribution in [-0.4, -0.2) is 19.1 Å². The van der Waals surface area contributed by atoms with Crippen LogP contribution in [0.15, 0.2) is 170 Å². The van der Waals surface area contributed by atoms with Gasteiger partial charge in [0.2, 0.25) is 0 Å². The van der Waals surface area contributed by atoms with E-state index in [1.54, 1.807) is 0 Å². The van der Waals surface area contributed by atoms with Crippen LogP contribution in [0.4, 0.5) is 0 Å². The normalized spacial score (nSPS) is 11.7. The number of rotatable bonds is 5. The molecule has 4 heterocycles. The standard InChI is InChI=1S/C48H34N4/c1-31-9-3-5-11-39(31)35-19-25-43-41(29-35)47-45(13-7-27-49-47)51(43)37-21-15-33(16-22-37)34-17-23-38(24-18-34)52-44-26-20-36(40-12-6-4-10-32(40)2)30-42(44)48-46(52)14-8-28-50-48/h3-30H,1-2H3. The summed E-state index contributed by atoms with van der Waals surface area (Å²) in [5, 5.41) is 2.31. The van der Waals surface area contributed by atoms with Crippen LogP contribution in [0.5, 0.6) is 0 Å². The van der Waals surface area contributed by atoms with Crippen molar-refractivity contribution in [2.24, 2.45) is 0 Å². The van der Waals surface area contributed by atoms with E-state index in [4.69, 9.17) is 9.97 Å². The van der Waals surface area contributed by atoms with Crippen molar-refractivity contribution in [1.29, 1.82) is 0 Å². The molecule has 52 heavy (non-hydrogen) atoms. The van der Waals surface area contributed by atoms with Crippen LogP contribution in [-0.2, 0) is 0 Å². The Hall–Kier alpha value is -6.78. The number of aromatic nitrogens is 4. The second kappa shape index (κ2) is 11.9. The second-order valence-electron chi connectivity index (χ2n) is 13.6. The topological polar surface area (TPSA) is 35.6 Å². The molecule has 246 valence electrons. The largest absolute Gasteiger partial charge is 0.308 e. The molecule has 4 aromatic heterocycles. The maximum atomic E-state index is 4.84. The Morgan fingerprint density at radius 3 is 1.19 bits per heavy atom. The van der Waals surface area contributed by atoms with Gasteiger partial charge in [-0.3, -0.25) is 9.97 Å². The molecular weight excluding hydrogens is 633 g/mol. The third kappa shape index (κ3) is 4.76. The van der Waals surface area contributed by atoms with E-state index >= 15 is 0 Å². The van der Waals surface area contributed by atoms with Crippen molar-refractivity contribution >= 4 is 43.9 Å². The first-order chi connectivity index (χ1) is 25.6. The van der Waals surface area contributed by atoms with Gasteiger partial charge in [0.25, 0.3) is 0 Å². The summed E-state index contributed by atoms with van der Waals surface area (Å²) < 4.78 is 4.65. The summed E-state index contributed by atoms with van der Waals surface area (Å²) in [6.45, 7) is 4.33. The lowest BCUT2D eigenvalue weighted by molar-refractivity contribution is 1.17. The Labute approximate surface area is 301 Å². The van der Waals surface area contributed by atoms with Crippen LogP contribution in [0, 0.1) is 13.8 Å². The predicted octanol–water partition coefficient (Wildman–Crippen LogP) is 12.3. The number of pyridine rings is 2. The summed E-state index contributed by atoms with van der Waals surface area (Å²) in [5.74, 6) is 0. The Morgan fingerprint density at radius 2 is 0.769 bits per heavy atom. The van der Waals surface area contributed by atoms with Gasteiger partial charge < -0.3 is 9.13 Å². The summed E-state index contributed by atoms with van der Waals surface area (Å²) in [6.07, 6.45) is 3.77. The minimum absolute atomic E-state index is 1.01. The quantitative estimate of drug-likeness (QED) is 0.183. The van der Waals surface area contributed by atoms with Crippen LogP contribution in [0.25, 0.3) is 88.6 Å². The number of fused-ring (bicyclic) bond motifs is 6. The van der Waals surface area contributed by atoms with Gasteiger partial charge in [-0.2, -0.15) is 0 Å². The fourth-order valence-corrected chi connectivity index (χ4v) is 7.96. The van der Waals surface area contributed by atoms with Gasteiger partial charge in [-0.25, -0.2) is 0 Å². The average Bonchev–Trinajstić information content (AvgIpc) is 3.71. The molecule has 10 aromatic rings. The monoisotopic (exact) mass is 666 g/mol. The maximum absolute atomic E-state index is 4.84. The van der Waals surface area contributed by atoms with E-state index in [0.717, 1.165) is 55.2 Å². The van der Waals surface area contributed by atoms with E-state index in [9.17, 15) is 0 Å². The first-order valence-corrected chi connectivity index (χ1v) is 17.7. The Balaban J connectivity index is 1.01. The highest BCUT2D eigenvalue weighted by atomic mass is 15.0. The number of hydrogen-bond donors (Lipinski definition) is 0. The van der Waals surface area contributed by atoms with E-state index in [1.807, 2.05) is 24.5 Å². The average molecular weight is 667 g/mol. The van der Waals surface area contributed by atoms with Crippen molar-refractivity contribution in [3.05, 3.63) is 181 Å². The first kappa shape index (κ1) is 30.1. The highest BCUT2D eigenvalue weighted by Gasteiger charge is 2.17. The molecule has 0 spiro atoms. The maximum Gasteiger partial charge on any atom is 0.0963 e. The van der Waals surface area contributed by atoms with Crippen molar-refractivity contribution in [2.75, 3.05) is 0 Å². The van der Waals surface area contributed by atoms with Crippen LogP contribution < -0.4 is 0 Å². The molecule has 0 saturated carbocycles. The Morgan fingerprint density at radius 1 is 0.365 bits per heavy atom. The van der Waals surface area contributed by atoms with E-state index in [2.05, 4.69) is 169 Å². The fraction of sp³-hybridized carbons (Fsp3) is 0.0417. The van der Waals surface area contributed by atoms with Gasteiger partial charge >= 0.3 is 0 Å². The summed E-state index contributed by atoms with van der Waals surface area (Å²) in [7, 11) is 0. The number of nitrogens with zero attached hydrogens (tertiary/aromatic N) is 4. The van der Waals surface area contributed by atoms with Crippen molar-refractivity contribution in [2.45, 2.75) is 13.8 Å². The smallest absolute Gasteiger partial charge is 0.0963 e. The second-order valence-corrected chi connectivity index (χ2v) is 13.6. The molecule has 0 aliphatic rings. The molecule has 0 fully saturated rings.